The predicted molar refractivity (Wildman–Crippen MR) is 82.4 cm³/mol. The highest BCUT2D eigenvalue weighted by molar-refractivity contribution is 5.85. The molecule has 2 rings (SSSR count). The Morgan fingerprint density at radius 1 is 1.24 bits per heavy atom. The fraction of sp³-hybridized carbons (Fsp3) is 0.533. The van der Waals surface area contributed by atoms with E-state index in [2.05, 4.69) is 5.32 Å². The SMILES string of the molecule is Cl.O=C(CCCOc1ccc(F)cc1)N1CCCNCC1. The van der Waals surface area contributed by atoms with Crippen LogP contribution in [0.1, 0.15) is 19.3 Å². The van der Waals surface area contributed by atoms with Gasteiger partial charge in [0.15, 0.2) is 0 Å². The zero-order valence-corrected chi connectivity index (χ0v) is 12.8. The lowest BCUT2D eigenvalue weighted by Crippen LogP contribution is -2.34. The molecule has 0 unspecified atom stereocenters. The van der Waals surface area contributed by atoms with Crippen LogP contribution in [0.4, 0.5) is 4.39 Å². The molecule has 0 aromatic heterocycles. The second-order valence-corrected chi connectivity index (χ2v) is 4.89. The molecule has 4 nitrogen and oxygen atoms in total. The summed E-state index contributed by atoms with van der Waals surface area (Å²) in [6.45, 7) is 3.96. The summed E-state index contributed by atoms with van der Waals surface area (Å²) in [7, 11) is 0. The van der Waals surface area contributed by atoms with E-state index in [1.165, 1.54) is 12.1 Å². The summed E-state index contributed by atoms with van der Waals surface area (Å²) in [5, 5.41) is 3.28. The van der Waals surface area contributed by atoms with Crippen LogP contribution < -0.4 is 10.1 Å². The van der Waals surface area contributed by atoms with Crippen molar-refractivity contribution in [1.82, 2.24) is 10.2 Å². The molecule has 0 spiro atoms. The van der Waals surface area contributed by atoms with E-state index in [4.69, 9.17) is 4.74 Å². The van der Waals surface area contributed by atoms with Gasteiger partial charge in [0, 0.05) is 26.1 Å². The maximum Gasteiger partial charge on any atom is 0.222 e. The molecule has 1 aromatic rings. The maximum absolute atomic E-state index is 12.7. The Morgan fingerprint density at radius 2 is 2.00 bits per heavy atom. The molecule has 1 N–H and O–H groups in total. The topological polar surface area (TPSA) is 41.6 Å². The van der Waals surface area contributed by atoms with Gasteiger partial charge in [0.2, 0.25) is 5.91 Å². The van der Waals surface area contributed by atoms with Gasteiger partial charge in [-0.2, -0.15) is 0 Å². The summed E-state index contributed by atoms with van der Waals surface area (Å²) >= 11 is 0. The number of rotatable bonds is 5. The van der Waals surface area contributed by atoms with Crippen molar-refractivity contribution in [3.05, 3.63) is 30.1 Å². The van der Waals surface area contributed by atoms with E-state index < -0.39 is 0 Å². The molecule has 1 aliphatic rings. The third-order valence-corrected chi connectivity index (χ3v) is 3.31. The third-order valence-electron chi connectivity index (χ3n) is 3.31. The number of hydrogen-bond donors (Lipinski definition) is 1. The molecule has 1 saturated heterocycles. The monoisotopic (exact) mass is 316 g/mol. The fourth-order valence-corrected chi connectivity index (χ4v) is 2.20. The Hall–Kier alpha value is -1.33. The van der Waals surface area contributed by atoms with Crippen LogP contribution in [-0.2, 0) is 4.79 Å². The Morgan fingerprint density at radius 3 is 2.76 bits per heavy atom. The van der Waals surface area contributed by atoms with Gasteiger partial charge >= 0.3 is 0 Å². The van der Waals surface area contributed by atoms with Crippen LogP contribution in [0.15, 0.2) is 24.3 Å². The van der Waals surface area contributed by atoms with Gasteiger partial charge < -0.3 is 15.0 Å². The first kappa shape index (κ1) is 17.7. The summed E-state index contributed by atoms with van der Waals surface area (Å²) in [4.78, 5) is 13.9. The molecule has 1 heterocycles. The van der Waals surface area contributed by atoms with Crippen LogP contribution in [0, 0.1) is 5.82 Å². The number of hydrogen-bond acceptors (Lipinski definition) is 3. The zero-order chi connectivity index (χ0) is 14.2. The minimum atomic E-state index is -0.276. The maximum atomic E-state index is 12.7. The van der Waals surface area contributed by atoms with Crippen molar-refractivity contribution in [2.45, 2.75) is 19.3 Å². The summed E-state index contributed by atoms with van der Waals surface area (Å²) < 4.78 is 18.2. The van der Waals surface area contributed by atoms with Crippen molar-refractivity contribution in [2.75, 3.05) is 32.8 Å². The van der Waals surface area contributed by atoms with E-state index in [1.54, 1.807) is 12.1 Å². The zero-order valence-electron chi connectivity index (χ0n) is 12.0. The van der Waals surface area contributed by atoms with Gasteiger partial charge in [-0.05, 0) is 43.7 Å². The van der Waals surface area contributed by atoms with Crippen LogP contribution >= 0.6 is 12.4 Å². The van der Waals surface area contributed by atoms with E-state index in [-0.39, 0.29) is 24.1 Å². The molecule has 118 valence electrons. The summed E-state index contributed by atoms with van der Waals surface area (Å²) in [6, 6.07) is 5.92. The molecular weight excluding hydrogens is 295 g/mol. The number of amides is 1. The number of nitrogens with zero attached hydrogens (tertiary/aromatic N) is 1. The highest BCUT2D eigenvalue weighted by Crippen LogP contribution is 2.11. The average molecular weight is 317 g/mol. The van der Waals surface area contributed by atoms with Crippen molar-refractivity contribution in [3.63, 3.8) is 0 Å². The van der Waals surface area contributed by atoms with Crippen molar-refractivity contribution in [3.8, 4) is 5.75 Å². The highest BCUT2D eigenvalue weighted by Gasteiger charge is 2.14. The van der Waals surface area contributed by atoms with Gasteiger partial charge in [0.25, 0.3) is 0 Å². The normalized spacial score (nSPS) is 15.0. The molecule has 1 fully saturated rings. The van der Waals surface area contributed by atoms with Gasteiger partial charge in [-0.15, -0.1) is 12.4 Å². The Bertz CT molecular complexity index is 420. The second-order valence-electron chi connectivity index (χ2n) is 4.89. The molecule has 1 aliphatic heterocycles. The van der Waals surface area contributed by atoms with Gasteiger partial charge in [-0.25, -0.2) is 4.39 Å². The van der Waals surface area contributed by atoms with Crippen molar-refractivity contribution in [1.29, 1.82) is 0 Å². The van der Waals surface area contributed by atoms with E-state index in [0.29, 0.717) is 25.2 Å². The van der Waals surface area contributed by atoms with Crippen molar-refractivity contribution < 1.29 is 13.9 Å². The first-order chi connectivity index (χ1) is 9.75. The highest BCUT2D eigenvalue weighted by atomic mass is 35.5. The summed E-state index contributed by atoms with van der Waals surface area (Å²) in [5.41, 5.74) is 0. The summed E-state index contributed by atoms with van der Waals surface area (Å²) in [5.74, 6) is 0.552. The number of nitrogens with one attached hydrogen (secondary N) is 1. The number of benzene rings is 1. The Balaban J connectivity index is 0.00000220. The quantitative estimate of drug-likeness (QED) is 0.847. The number of ether oxygens (including phenoxy) is 1. The number of carbonyl (C=O) groups excluding carboxylic acids is 1. The molecular formula is C15H22ClFN2O2. The van der Waals surface area contributed by atoms with Gasteiger partial charge in [0.05, 0.1) is 6.61 Å². The van der Waals surface area contributed by atoms with Crippen LogP contribution in [0.2, 0.25) is 0 Å². The number of halogens is 2. The van der Waals surface area contributed by atoms with Crippen LogP contribution in [0.25, 0.3) is 0 Å². The molecule has 0 atom stereocenters. The smallest absolute Gasteiger partial charge is 0.222 e. The van der Waals surface area contributed by atoms with Crippen LogP contribution in [-0.4, -0.2) is 43.6 Å². The predicted octanol–water partition coefficient (Wildman–Crippen LogP) is 2.23. The van der Waals surface area contributed by atoms with Crippen LogP contribution in [0.5, 0.6) is 5.75 Å². The Labute approximate surface area is 131 Å². The second kappa shape index (κ2) is 9.58. The van der Waals surface area contributed by atoms with E-state index in [0.717, 1.165) is 32.6 Å². The first-order valence-corrected chi connectivity index (χ1v) is 7.12. The van der Waals surface area contributed by atoms with Crippen molar-refractivity contribution in [2.24, 2.45) is 0 Å². The standard InChI is InChI=1S/C15H21FN2O2.ClH/c16-13-4-6-14(7-5-13)20-12-1-3-15(19)18-10-2-8-17-9-11-18;/h4-7,17H,1-3,8-12H2;1H. The molecule has 21 heavy (non-hydrogen) atoms. The Kier molecular flexibility index (Phi) is 8.08. The first-order valence-electron chi connectivity index (χ1n) is 7.12. The minimum Gasteiger partial charge on any atom is -0.494 e. The molecule has 0 saturated carbocycles. The lowest BCUT2D eigenvalue weighted by atomic mass is 10.2. The molecule has 0 bridgehead atoms. The lowest BCUT2D eigenvalue weighted by Gasteiger charge is -2.19. The van der Waals surface area contributed by atoms with Gasteiger partial charge in [-0.1, -0.05) is 0 Å². The molecule has 6 heteroatoms. The van der Waals surface area contributed by atoms with E-state index in [9.17, 15) is 9.18 Å². The van der Waals surface area contributed by atoms with Gasteiger partial charge in [0.1, 0.15) is 11.6 Å². The van der Waals surface area contributed by atoms with E-state index in [1.807, 2.05) is 4.90 Å². The molecule has 0 radical (unpaired) electrons. The number of carbonyl (C=O) groups is 1. The largest absolute Gasteiger partial charge is 0.494 e. The molecule has 1 amide bonds. The van der Waals surface area contributed by atoms with E-state index >= 15 is 0 Å². The van der Waals surface area contributed by atoms with Crippen LogP contribution in [0.3, 0.4) is 0 Å². The molecule has 1 aromatic carbocycles. The average Bonchev–Trinajstić information content (AvgIpc) is 2.74. The van der Waals surface area contributed by atoms with Gasteiger partial charge in [-0.3, -0.25) is 4.79 Å². The minimum absolute atomic E-state index is 0. The molecule has 0 aliphatic carbocycles. The third kappa shape index (κ3) is 6.31. The lowest BCUT2D eigenvalue weighted by molar-refractivity contribution is -0.131. The summed E-state index contributed by atoms with van der Waals surface area (Å²) in [6.07, 6.45) is 2.19. The fourth-order valence-electron chi connectivity index (χ4n) is 2.20. The van der Waals surface area contributed by atoms with Crippen molar-refractivity contribution >= 4 is 18.3 Å².